The highest BCUT2D eigenvalue weighted by Gasteiger charge is 2.47. The van der Waals surface area contributed by atoms with Crippen molar-refractivity contribution in [3.8, 4) is 10.4 Å². The number of carbonyl (C=O) groups is 8. The van der Waals surface area contributed by atoms with Gasteiger partial charge in [-0.15, -0.1) is 11.3 Å². The number of hydrogen-bond acceptors (Lipinski definition) is 14. The first-order chi connectivity index (χ1) is 43.3. The van der Waals surface area contributed by atoms with E-state index in [-0.39, 0.29) is 87.2 Å². The van der Waals surface area contributed by atoms with Crippen LogP contribution in [0, 0.1) is 18.3 Å². The molecule has 23 nitrogen and oxygen atoms in total. The molecule has 0 aliphatic carbocycles. The van der Waals surface area contributed by atoms with Gasteiger partial charge < -0.3 is 61.4 Å². The van der Waals surface area contributed by atoms with Gasteiger partial charge in [0.2, 0.25) is 35.4 Å². The number of amides is 7. The van der Waals surface area contributed by atoms with Crippen molar-refractivity contribution in [2.45, 2.75) is 154 Å². The smallest absolute Gasteiger partial charge is 0.391 e. The summed E-state index contributed by atoms with van der Waals surface area (Å²) in [5, 5.41) is 22.9. The molecule has 2 aromatic heterocycles. The lowest BCUT2D eigenvalue weighted by Gasteiger charge is -2.36. The summed E-state index contributed by atoms with van der Waals surface area (Å²) in [5.74, 6) is -2.91. The number of benzene rings is 4. The third-order valence-electron chi connectivity index (χ3n) is 17.9. The van der Waals surface area contributed by atoms with E-state index in [1.807, 2.05) is 99.9 Å². The second-order valence-corrected chi connectivity index (χ2v) is 27.8. The van der Waals surface area contributed by atoms with Crippen LogP contribution >= 0.6 is 18.9 Å². The number of carbonyl (C=O) groups excluding carboxylic acids is 8. The first kappa shape index (κ1) is 65.8. The van der Waals surface area contributed by atoms with Gasteiger partial charge in [-0.2, -0.15) is 0 Å². The number of aromatic amines is 1. The largest absolute Gasteiger partial charge is 0.396 e. The molecule has 482 valence electrons. The van der Waals surface area contributed by atoms with Crippen molar-refractivity contribution in [2.24, 2.45) is 17.1 Å². The number of β-amino-alcohol motifs (C(OH)–C–C–N with tert-alkyl or cyclic N) is 1. The third-order valence-corrected chi connectivity index (χ3v) is 19.7. The first-order valence-electron chi connectivity index (χ1n) is 30.9. The molecule has 4 aliphatic rings. The van der Waals surface area contributed by atoms with Crippen molar-refractivity contribution in [1.82, 2.24) is 36.1 Å². The van der Waals surface area contributed by atoms with Crippen LogP contribution in [0.3, 0.4) is 0 Å². The van der Waals surface area contributed by atoms with Crippen LogP contribution in [0.1, 0.15) is 128 Å². The topological polar surface area (TPSA) is 336 Å². The maximum atomic E-state index is 14.6. The van der Waals surface area contributed by atoms with Crippen molar-refractivity contribution >= 4 is 88.1 Å². The molecule has 25 heteroatoms. The van der Waals surface area contributed by atoms with E-state index in [0.717, 1.165) is 70.0 Å². The quantitative estimate of drug-likeness (QED) is 0.0328. The minimum absolute atomic E-state index is 0.0134. The molecule has 0 unspecified atom stereocenters. The summed E-state index contributed by atoms with van der Waals surface area (Å²) in [6.45, 7) is 11.3. The Morgan fingerprint density at radius 3 is 2.27 bits per heavy atom. The summed E-state index contributed by atoms with van der Waals surface area (Å²) in [5.41, 5.74) is 12.6. The number of hydrogen-bond donors (Lipinski definition) is 9. The molecule has 7 atom stereocenters. The molecule has 4 aliphatic heterocycles. The number of aliphatic hydroxyl groups excluding tert-OH is 1. The molecule has 6 aromatic rings. The van der Waals surface area contributed by atoms with E-state index in [1.165, 1.54) is 34.1 Å². The number of nitrogens with two attached hydrogens (primary N) is 1. The molecule has 4 aromatic carbocycles. The van der Waals surface area contributed by atoms with E-state index in [0.29, 0.717) is 29.4 Å². The lowest BCUT2D eigenvalue weighted by molar-refractivity contribution is -0.144. The van der Waals surface area contributed by atoms with Gasteiger partial charge in [0.1, 0.15) is 29.9 Å². The van der Waals surface area contributed by atoms with Crippen molar-refractivity contribution in [2.75, 3.05) is 29.4 Å². The molecule has 0 bridgehead atoms. The minimum atomic E-state index is -5.05. The van der Waals surface area contributed by atoms with Gasteiger partial charge >= 0.3 is 7.60 Å². The number of aryl methyl sites for hydroxylation is 2. The zero-order valence-electron chi connectivity index (χ0n) is 51.6. The molecule has 0 saturated carbocycles. The number of aromatic nitrogens is 2. The Hall–Kier alpha value is -8.12. The number of rotatable bonds is 23. The lowest BCUT2D eigenvalue weighted by atomic mass is 9.85. The number of fused-ring (bicyclic) bond motifs is 1. The van der Waals surface area contributed by atoms with Gasteiger partial charge in [-0.05, 0) is 128 Å². The third kappa shape index (κ3) is 15.5. The molecule has 2 fully saturated rings. The number of nitrogens with one attached hydrogen (secondary N) is 5. The molecule has 0 spiro atoms. The summed E-state index contributed by atoms with van der Waals surface area (Å²) in [7, 11) is -5.05. The Labute approximate surface area is 531 Å². The number of piperidine rings is 1. The predicted octanol–water partition coefficient (Wildman–Crippen LogP) is 6.08. The normalized spacial score (nSPS) is 19.5. The van der Waals surface area contributed by atoms with Crippen LogP contribution in [0.5, 0.6) is 0 Å². The minimum Gasteiger partial charge on any atom is -0.391 e. The molecule has 91 heavy (non-hydrogen) atoms. The molecular formula is C66H79N10O13PS. The Kier molecular flexibility index (Phi) is 20.1. The number of aliphatic hydroxyl groups is 1. The van der Waals surface area contributed by atoms with E-state index in [1.54, 1.807) is 18.3 Å². The number of thiazole rings is 1. The number of H-pyrrole nitrogens is 1. The fourth-order valence-electron chi connectivity index (χ4n) is 12.7. The van der Waals surface area contributed by atoms with E-state index in [2.05, 4.69) is 36.1 Å². The van der Waals surface area contributed by atoms with E-state index < -0.39 is 90.5 Å². The summed E-state index contributed by atoms with van der Waals surface area (Å²) in [6.07, 6.45) is 2.15. The van der Waals surface area contributed by atoms with Crippen molar-refractivity contribution < 1.29 is 62.6 Å². The monoisotopic (exact) mass is 1280 g/mol. The predicted molar refractivity (Wildman–Crippen MR) is 343 cm³/mol. The highest BCUT2D eigenvalue weighted by atomic mass is 32.1. The van der Waals surface area contributed by atoms with Crippen LogP contribution in [0.25, 0.3) is 21.3 Å². The summed E-state index contributed by atoms with van der Waals surface area (Å²) < 4.78 is 18.0. The van der Waals surface area contributed by atoms with Crippen molar-refractivity contribution in [3.05, 3.63) is 136 Å². The lowest BCUT2D eigenvalue weighted by Crippen LogP contribution is -2.57. The fraction of sp³-hybridized carbons (Fsp3) is 0.439. The Morgan fingerprint density at radius 1 is 0.879 bits per heavy atom. The zero-order chi connectivity index (χ0) is 65.1. The molecule has 0 radical (unpaired) electrons. The second kappa shape index (κ2) is 27.8. The highest BCUT2D eigenvalue weighted by molar-refractivity contribution is 7.70. The molecule has 10 N–H and O–H groups in total. The summed E-state index contributed by atoms with van der Waals surface area (Å²) in [6, 6.07) is 22.3. The van der Waals surface area contributed by atoms with Crippen molar-refractivity contribution in [1.29, 1.82) is 0 Å². The van der Waals surface area contributed by atoms with Crippen LogP contribution < -0.4 is 36.8 Å². The van der Waals surface area contributed by atoms with Crippen LogP contribution in [0.4, 0.5) is 11.4 Å². The van der Waals surface area contributed by atoms with Crippen LogP contribution in [-0.2, 0) is 64.1 Å². The number of anilines is 2. The Morgan fingerprint density at radius 2 is 1.59 bits per heavy atom. The van der Waals surface area contributed by atoms with Gasteiger partial charge in [-0.25, -0.2) is 4.98 Å². The number of ether oxygens (including phenoxy) is 1. The van der Waals surface area contributed by atoms with Gasteiger partial charge in [-0.3, -0.25) is 47.8 Å². The number of likely N-dealkylation sites (tertiary alicyclic amines) is 1. The number of nitrogens with zero attached hydrogens (tertiary/aromatic N) is 4. The maximum absolute atomic E-state index is 14.6. The average Bonchev–Trinajstić information content (AvgIpc) is 1.62. The first-order valence-corrected chi connectivity index (χ1v) is 33.4. The molecule has 6 heterocycles. The van der Waals surface area contributed by atoms with E-state index >= 15 is 0 Å². The van der Waals surface area contributed by atoms with Crippen LogP contribution in [-0.4, -0.2) is 139 Å². The molecular weight excluding hydrogens is 1200 g/mol. The standard InChI is InChI=1S/C66H79N10O13PS/c1-37-58(91-36-69-37)43-14-9-40(10-15-43)33-68-61(81)53-32-48(77)34-75(53)64(84)59(66(3,4)5)73-56(79)24-13-39-25-27-74(28-26-39)47-18-11-41(12-19-47)35-89-38(2)49(22-23-55(67)78)71-62(82)54-31-44-8-6-7-42-16-21-51(63(83)76(54)57(42)44)72-60(80)52-30-46-29-45(17-20-50(46)70-52)65(85)90(86,87)88/h6-12,14-15,17-20,29-30,36,38-39,48-49,51,53-54,59,70,77H,13,16,21-28,31-35H2,1-5H3,(H2,67,78)(H,68,81)(H,71,82)(H,72,80)(H,73,79)(H2,86,87,88)/t38-,48-,49+,51+,53+,54+,59-/m1/s1. The van der Waals surface area contributed by atoms with Gasteiger partial charge in [0, 0.05) is 74.0 Å². The maximum Gasteiger partial charge on any atom is 0.396 e. The van der Waals surface area contributed by atoms with Crippen LogP contribution in [0.15, 0.2) is 96.5 Å². The van der Waals surface area contributed by atoms with Gasteiger partial charge in [0.25, 0.3) is 11.4 Å². The SMILES string of the molecule is Cc1ncsc1-c1ccc(CNC(=O)[C@@H]2C[C@@H](O)CN2C(=O)[C@@H](NC(=O)CCC2CCN(c3ccc(CO[C@H](C)[C@H](CCC(N)=O)NC(=O)[C@@H]4Cc5cccc6c5N4C(=O)[C@@H](NC(=O)c4cc5cc(C(=O)P(=O)(O)O)ccc5[nH]4)CC6)cc3)CC2)C(C)(C)C)cc1. The summed E-state index contributed by atoms with van der Waals surface area (Å²) in [4.78, 5) is 141. The van der Waals surface area contributed by atoms with Crippen molar-refractivity contribution in [3.63, 3.8) is 0 Å². The zero-order valence-corrected chi connectivity index (χ0v) is 53.3. The molecule has 7 amide bonds. The summed E-state index contributed by atoms with van der Waals surface area (Å²) >= 11 is 1.57. The van der Waals surface area contributed by atoms with Crippen LogP contribution in [0.2, 0.25) is 0 Å². The average molecular weight is 1280 g/mol. The Bertz CT molecular complexity index is 3780. The molecule has 2 saturated heterocycles. The highest BCUT2D eigenvalue weighted by Crippen LogP contribution is 2.41. The fourth-order valence-corrected chi connectivity index (χ4v) is 14.0. The number of para-hydroxylation sites is 1. The van der Waals surface area contributed by atoms with Gasteiger partial charge in [-0.1, -0.05) is 75.4 Å². The second-order valence-electron chi connectivity index (χ2n) is 25.5. The Balaban J connectivity index is 0.691. The number of primary amides is 1. The van der Waals surface area contributed by atoms with Gasteiger partial charge in [0.15, 0.2) is 0 Å². The van der Waals surface area contributed by atoms with E-state index in [9.17, 15) is 57.8 Å². The molecule has 10 rings (SSSR count). The van der Waals surface area contributed by atoms with E-state index in [4.69, 9.17) is 10.5 Å². The van der Waals surface area contributed by atoms with Gasteiger partial charge in [0.05, 0.1) is 46.6 Å².